The second-order valence-electron chi connectivity index (χ2n) is 10.3. The van der Waals surface area contributed by atoms with Crippen molar-refractivity contribution < 1.29 is 27.5 Å². The van der Waals surface area contributed by atoms with Crippen molar-refractivity contribution in [2.24, 2.45) is 4.99 Å². The van der Waals surface area contributed by atoms with Crippen molar-refractivity contribution in [1.29, 1.82) is 0 Å². The predicted molar refractivity (Wildman–Crippen MR) is 158 cm³/mol. The molecule has 0 aromatic heterocycles. The molecule has 3 aromatic carbocycles. The van der Waals surface area contributed by atoms with Crippen LogP contribution in [0.15, 0.2) is 71.7 Å². The summed E-state index contributed by atoms with van der Waals surface area (Å²) in [4.78, 5) is 31.1. The molecule has 4 rings (SSSR count). The summed E-state index contributed by atoms with van der Waals surface area (Å²) in [6.07, 6.45) is 2.08. The van der Waals surface area contributed by atoms with Crippen molar-refractivity contribution in [3.05, 3.63) is 89.2 Å². The van der Waals surface area contributed by atoms with Crippen LogP contribution in [0.5, 0.6) is 0 Å². The van der Waals surface area contributed by atoms with Crippen LogP contribution in [0.2, 0.25) is 0 Å². The highest BCUT2D eigenvalue weighted by Gasteiger charge is 2.35. The minimum absolute atomic E-state index is 0.0468. The summed E-state index contributed by atoms with van der Waals surface area (Å²) in [6, 6.07) is 18.0. The first-order chi connectivity index (χ1) is 19.4. The van der Waals surface area contributed by atoms with E-state index in [-0.39, 0.29) is 12.3 Å². The number of benzene rings is 3. The number of aliphatic imine (C=N–C) groups is 1. The van der Waals surface area contributed by atoms with Gasteiger partial charge in [-0.1, -0.05) is 24.3 Å². The van der Waals surface area contributed by atoms with Crippen LogP contribution in [0.25, 0.3) is 0 Å². The lowest BCUT2D eigenvalue weighted by atomic mass is 9.89. The van der Waals surface area contributed by atoms with Crippen LogP contribution >= 0.6 is 0 Å². The number of rotatable bonds is 12. The van der Waals surface area contributed by atoms with Gasteiger partial charge in [-0.25, -0.2) is 12.8 Å². The molecule has 1 aliphatic rings. The number of carboxylic acid groups (broad SMARTS) is 1. The number of fused-ring (bicyclic) bond motifs is 1. The highest BCUT2D eigenvalue weighted by molar-refractivity contribution is 7.92. The lowest BCUT2D eigenvalue weighted by Crippen LogP contribution is -2.32. The number of hydrogen-bond donors (Lipinski definition) is 2. The first kappa shape index (κ1) is 29.9. The first-order valence-electron chi connectivity index (χ1n) is 13.1. The lowest BCUT2D eigenvalue weighted by Gasteiger charge is -2.23. The van der Waals surface area contributed by atoms with E-state index in [2.05, 4.69) is 5.32 Å². The fourth-order valence-corrected chi connectivity index (χ4v) is 5.75. The Hall–Kier alpha value is -4.09. The van der Waals surface area contributed by atoms with Gasteiger partial charge in [0.1, 0.15) is 11.7 Å². The van der Waals surface area contributed by atoms with Gasteiger partial charge >= 0.3 is 5.97 Å². The largest absolute Gasteiger partial charge is 0.481 e. The van der Waals surface area contributed by atoms with Crippen LogP contribution in [0.3, 0.4) is 0 Å². The van der Waals surface area contributed by atoms with Crippen LogP contribution in [-0.4, -0.2) is 69.5 Å². The van der Waals surface area contributed by atoms with Gasteiger partial charge in [-0.3, -0.25) is 18.9 Å². The Labute approximate surface area is 239 Å². The van der Waals surface area contributed by atoms with E-state index < -0.39 is 27.7 Å². The molecule has 1 heterocycles. The Kier molecular flexibility index (Phi) is 9.19. The number of amides is 1. The molecule has 1 atom stereocenters. The topological polar surface area (TPSA) is 119 Å². The number of hydrogen-bond acceptors (Lipinski definition) is 6. The Morgan fingerprint density at radius 2 is 1.78 bits per heavy atom. The Bertz CT molecular complexity index is 1570. The van der Waals surface area contributed by atoms with Crippen molar-refractivity contribution >= 4 is 44.7 Å². The first-order valence-corrected chi connectivity index (χ1v) is 15.0. The standard InChI is InChI=1S/C30H33FN4O5S/c1-34(2)16-5-17-35(41(3,39)40)24-12-10-23(11-13-24)32-29(21-7-4-6-20(18-21)8-15-27(36)37)28-25-14-9-22(31)19-26(25)33-30(28)38/h4,6-7,9-14,18-19,28H,5,8,15-17H2,1-3H3,(H,33,38)(H,36,37). The Morgan fingerprint density at radius 1 is 1.05 bits per heavy atom. The fraction of sp³-hybridized carbons (Fsp3) is 0.300. The summed E-state index contributed by atoms with van der Waals surface area (Å²) in [5.41, 5.74) is 3.73. The SMILES string of the molecule is CN(C)CCCN(c1ccc(N=C(c2cccc(CCC(=O)O)c2)C2C(=O)Nc3cc(F)ccc32)cc1)S(C)(=O)=O. The molecule has 9 nitrogen and oxygen atoms in total. The third-order valence-corrected chi connectivity index (χ3v) is 7.92. The van der Waals surface area contributed by atoms with E-state index in [0.29, 0.717) is 53.3 Å². The maximum atomic E-state index is 13.9. The summed E-state index contributed by atoms with van der Waals surface area (Å²) in [6.45, 7) is 1.06. The third kappa shape index (κ3) is 7.56. The summed E-state index contributed by atoms with van der Waals surface area (Å²) in [7, 11) is 0.339. The van der Waals surface area contributed by atoms with Crippen LogP contribution in [0.4, 0.5) is 21.5 Å². The van der Waals surface area contributed by atoms with Crippen molar-refractivity contribution in [2.45, 2.75) is 25.2 Å². The number of carboxylic acids is 1. The number of anilines is 2. The van der Waals surface area contributed by atoms with Gasteiger partial charge in [-0.15, -0.1) is 0 Å². The molecular weight excluding hydrogens is 547 g/mol. The third-order valence-electron chi connectivity index (χ3n) is 6.72. The van der Waals surface area contributed by atoms with Crippen LogP contribution in [0, 0.1) is 5.82 Å². The van der Waals surface area contributed by atoms with E-state index in [1.54, 1.807) is 48.5 Å². The Balaban J connectivity index is 1.74. The molecule has 41 heavy (non-hydrogen) atoms. The van der Waals surface area contributed by atoms with Gasteiger partial charge in [-0.05, 0) is 92.6 Å². The maximum Gasteiger partial charge on any atom is 0.303 e. The molecule has 0 fully saturated rings. The normalized spacial score (nSPS) is 15.1. The highest BCUT2D eigenvalue weighted by atomic mass is 32.2. The maximum absolute atomic E-state index is 13.9. The molecule has 1 aliphatic heterocycles. The van der Waals surface area contributed by atoms with Gasteiger partial charge in [-0.2, -0.15) is 0 Å². The highest BCUT2D eigenvalue weighted by Crippen LogP contribution is 2.37. The number of nitrogens with one attached hydrogen (secondary N) is 1. The average Bonchev–Trinajstić information content (AvgIpc) is 3.22. The summed E-state index contributed by atoms with van der Waals surface area (Å²) < 4.78 is 40.3. The second-order valence-corrected chi connectivity index (χ2v) is 12.2. The lowest BCUT2D eigenvalue weighted by molar-refractivity contribution is -0.137. The quantitative estimate of drug-likeness (QED) is 0.306. The van der Waals surface area contributed by atoms with Crippen molar-refractivity contribution in [2.75, 3.05) is 43.1 Å². The number of aryl methyl sites for hydroxylation is 1. The van der Waals surface area contributed by atoms with Gasteiger partial charge in [0.2, 0.25) is 15.9 Å². The molecular formula is C30H33FN4O5S. The zero-order valence-corrected chi connectivity index (χ0v) is 24.0. The number of carbonyl (C=O) groups is 2. The smallest absolute Gasteiger partial charge is 0.303 e. The molecule has 11 heteroatoms. The van der Waals surface area contributed by atoms with E-state index in [0.717, 1.165) is 12.1 Å². The van der Waals surface area contributed by atoms with Crippen LogP contribution in [-0.2, 0) is 26.0 Å². The number of nitrogens with zero attached hydrogens (tertiary/aromatic N) is 3. The number of aliphatic carboxylic acids is 1. The van der Waals surface area contributed by atoms with Gasteiger partial charge in [0.25, 0.3) is 0 Å². The molecule has 1 amide bonds. The zero-order valence-electron chi connectivity index (χ0n) is 23.2. The number of sulfonamides is 1. The molecule has 2 N–H and O–H groups in total. The van der Waals surface area contributed by atoms with E-state index >= 15 is 0 Å². The fourth-order valence-electron chi connectivity index (χ4n) is 4.79. The van der Waals surface area contributed by atoms with Gasteiger partial charge in [0.05, 0.1) is 23.3 Å². The summed E-state index contributed by atoms with van der Waals surface area (Å²) >= 11 is 0. The number of halogens is 1. The van der Waals surface area contributed by atoms with E-state index in [1.807, 2.05) is 25.1 Å². The minimum atomic E-state index is -3.51. The Morgan fingerprint density at radius 3 is 2.44 bits per heavy atom. The minimum Gasteiger partial charge on any atom is -0.481 e. The van der Waals surface area contributed by atoms with E-state index in [1.165, 1.54) is 22.7 Å². The zero-order chi connectivity index (χ0) is 29.7. The monoisotopic (exact) mass is 580 g/mol. The summed E-state index contributed by atoms with van der Waals surface area (Å²) in [5.74, 6) is -2.59. The molecule has 0 radical (unpaired) electrons. The van der Waals surface area contributed by atoms with Gasteiger partial charge in [0, 0.05) is 18.7 Å². The molecule has 0 aliphatic carbocycles. The predicted octanol–water partition coefficient (Wildman–Crippen LogP) is 4.42. The van der Waals surface area contributed by atoms with E-state index in [9.17, 15) is 22.4 Å². The van der Waals surface area contributed by atoms with E-state index in [4.69, 9.17) is 10.1 Å². The van der Waals surface area contributed by atoms with Gasteiger partial charge in [0.15, 0.2) is 0 Å². The second kappa shape index (κ2) is 12.6. The van der Waals surface area contributed by atoms with Crippen LogP contribution in [0.1, 0.15) is 35.4 Å². The van der Waals surface area contributed by atoms with Gasteiger partial charge < -0.3 is 15.3 Å². The number of carbonyl (C=O) groups excluding carboxylic acids is 1. The molecule has 1 unspecified atom stereocenters. The molecule has 0 saturated heterocycles. The molecule has 0 saturated carbocycles. The molecule has 216 valence electrons. The van der Waals surface area contributed by atoms with Crippen molar-refractivity contribution in [1.82, 2.24) is 4.90 Å². The molecule has 3 aromatic rings. The van der Waals surface area contributed by atoms with Crippen molar-refractivity contribution in [3.8, 4) is 0 Å². The molecule has 0 bridgehead atoms. The average molecular weight is 581 g/mol. The molecule has 0 spiro atoms. The van der Waals surface area contributed by atoms with Crippen LogP contribution < -0.4 is 9.62 Å². The van der Waals surface area contributed by atoms with Crippen molar-refractivity contribution in [3.63, 3.8) is 0 Å². The summed E-state index contributed by atoms with van der Waals surface area (Å²) in [5, 5.41) is 11.9.